The predicted octanol–water partition coefficient (Wildman–Crippen LogP) is 4.30. The Bertz CT molecular complexity index is 1000. The van der Waals surface area contributed by atoms with Crippen LogP contribution in [0.1, 0.15) is 17.4 Å². The van der Waals surface area contributed by atoms with Crippen molar-refractivity contribution in [1.82, 2.24) is 10.2 Å². The number of ether oxygens (including phenoxy) is 1. The molecule has 2 N–H and O–H groups in total. The van der Waals surface area contributed by atoms with Crippen LogP contribution in [0.25, 0.3) is 11.3 Å². The largest absolute Gasteiger partial charge is 0.448 e. The number of nitrogens with one attached hydrogen (secondary N) is 2. The molecule has 1 unspecified atom stereocenters. The lowest BCUT2D eigenvalue weighted by Crippen LogP contribution is -2.30. The van der Waals surface area contributed by atoms with Crippen LogP contribution < -0.4 is 5.32 Å². The van der Waals surface area contributed by atoms with Gasteiger partial charge in [0.2, 0.25) is 0 Å². The van der Waals surface area contributed by atoms with Crippen molar-refractivity contribution in [2.75, 3.05) is 5.32 Å². The second kappa shape index (κ2) is 8.30. The maximum Gasteiger partial charge on any atom is 0.357 e. The number of amides is 1. The van der Waals surface area contributed by atoms with Crippen LogP contribution in [-0.2, 0) is 9.53 Å². The first-order valence-electron chi connectivity index (χ1n) is 8.12. The third-order valence-electron chi connectivity index (χ3n) is 3.80. The van der Waals surface area contributed by atoms with Gasteiger partial charge in [-0.3, -0.25) is 9.89 Å². The summed E-state index contributed by atoms with van der Waals surface area (Å²) in [7, 11) is 0. The Morgan fingerprint density at radius 1 is 1.14 bits per heavy atom. The van der Waals surface area contributed by atoms with Crippen LogP contribution in [0.15, 0.2) is 53.0 Å². The maximum absolute atomic E-state index is 13.6. The van der Waals surface area contributed by atoms with Gasteiger partial charge < -0.3 is 10.1 Å². The minimum atomic E-state index is -1.29. The summed E-state index contributed by atoms with van der Waals surface area (Å²) in [5.41, 5.74) is 0.730. The van der Waals surface area contributed by atoms with E-state index in [1.54, 1.807) is 0 Å². The molecule has 0 aliphatic rings. The molecule has 1 amide bonds. The smallest absolute Gasteiger partial charge is 0.357 e. The summed E-state index contributed by atoms with van der Waals surface area (Å²) < 4.78 is 33.2. The van der Waals surface area contributed by atoms with Crippen molar-refractivity contribution in [1.29, 1.82) is 0 Å². The van der Waals surface area contributed by atoms with E-state index in [1.807, 2.05) is 24.3 Å². The molecule has 1 heterocycles. The fourth-order valence-corrected chi connectivity index (χ4v) is 2.58. The number of rotatable bonds is 5. The molecule has 0 aliphatic heterocycles. The molecule has 0 saturated carbocycles. The average Bonchev–Trinajstić information content (AvgIpc) is 3.15. The van der Waals surface area contributed by atoms with Crippen molar-refractivity contribution < 1.29 is 23.1 Å². The Hall–Kier alpha value is -3.07. The number of halogens is 3. The molecule has 0 bridgehead atoms. The summed E-state index contributed by atoms with van der Waals surface area (Å²) in [6.45, 7) is 1.29. The SMILES string of the molecule is CC(OC(=O)c1cc(-c2ccc(Br)cc2)n[nH]1)C(=O)Nc1c(F)cccc1F. The Balaban J connectivity index is 1.65. The fraction of sp³-hybridized carbons (Fsp3) is 0.105. The number of carbonyl (C=O) groups is 2. The van der Waals surface area contributed by atoms with Gasteiger partial charge in [0.15, 0.2) is 6.10 Å². The molecular formula is C19H14BrF2N3O3. The van der Waals surface area contributed by atoms with Gasteiger partial charge in [-0.25, -0.2) is 13.6 Å². The molecular weight excluding hydrogens is 436 g/mol. The van der Waals surface area contributed by atoms with Gasteiger partial charge in [-0.1, -0.05) is 34.1 Å². The molecule has 6 nitrogen and oxygen atoms in total. The molecule has 0 spiro atoms. The Morgan fingerprint density at radius 3 is 2.43 bits per heavy atom. The van der Waals surface area contributed by atoms with Crippen molar-refractivity contribution in [3.63, 3.8) is 0 Å². The first-order chi connectivity index (χ1) is 13.3. The normalized spacial score (nSPS) is 11.7. The zero-order valence-electron chi connectivity index (χ0n) is 14.5. The molecule has 1 aromatic heterocycles. The number of hydrogen-bond donors (Lipinski definition) is 2. The molecule has 28 heavy (non-hydrogen) atoms. The van der Waals surface area contributed by atoms with Gasteiger partial charge in [-0.2, -0.15) is 5.10 Å². The maximum atomic E-state index is 13.6. The molecule has 144 valence electrons. The van der Waals surface area contributed by atoms with Crippen LogP contribution >= 0.6 is 15.9 Å². The first kappa shape index (κ1) is 19.7. The minimum Gasteiger partial charge on any atom is -0.448 e. The molecule has 0 fully saturated rings. The van der Waals surface area contributed by atoms with Crippen LogP contribution in [0, 0.1) is 11.6 Å². The molecule has 0 aliphatic carbocycles. The topological polar surface area (TPSA) is 84.1 Å². The number of nitrogens with zero attached hydrogens (tertiary/aromatic N) is 1. The molecule has 3 rings (SSSR count). The van der Waals surface area contributed by atoms with Crippen LogP contribution in [-0.4, -0.2) is 28.2 Å². The highest BCUT2D eigenvalue weighted by atomic mass is 79.9. The van der Waals surface area contributed by atoms with Gasteiger partial charge in [0.05, 0.1) is 5.69 Å². The monoisotopic (exact) mass is 449 g/mol. The summed E-state index contributed by atoms with van der Waals surface area (Å²) in [6, 6.07) is 11.9. The summed E-state index contributed by atoms with van der Waals surface area (Å²) in [6.07, 6.45) is -1.29. The highest BCUT2D eigenvalue weighted by Crippen LogP contribution is 2.21. The number of esters is 1. The van der Waals surface area contributed by atoms with E-state index in [1.165, 1.54) is 19.1 Å². The average molecular weight is 450 g/mol. The van der Waals surface area contributed by atoms with Crippen molar-refractivity contribution in [2.24, 2.45) is 0 Å². The van der Waals surface area contributed by atoms with Gasteiger partial charge in [0, 0.05) is 10.0 Å². The standard InChI is InChI=1S/C19H14BrF2N3O3/c1-10(18(26)23-17-13(21)3-2-4-14(17)22)28-19(27)16-9-15(24-25-16)11-5-7-12(20)8-6-11/h2-10H,1H3,(H,23,26)(H,24,25). The second-order valence-electron chi connectivity index (χ2n) is 5.81. The Morgan fingerprint density at radius 2 is 1.79 bits per heavy atom. The molecule has 3 aromatic rings. The van der Waals surface area contributed by atoms with Crippen LogP contribution in [0.4, 0.5) is 14.5 Å². The van der Waals surface area contributed by atoms with E-state index < -0.39 is 35.3 Å². The predicted molar refractivity (Wildman–Crippen MR) is 102 cm³/mol. The van der Waals surface area contributed by atoms with Gasteiger partial charge in [0.25, 0.3) is 5.91 Å². The van der Waals surface area contributed by atoms with Gasteiger partial charge in [0.1, 0.15) is 23.0 Å². The van der Waals surface area contributed by atoms with Crippen LogP contribution in [0.5, 0.6) is 0 Å². The lowest BCUT2D eigenvalue weighted by atomic mass is 10.1. The highest BCUT2D eigenvalue weighted by Gasteiger charge is 2.22. The second-order valence-corrected chi connectivity index (χ2v) is 6.72. The molecule has 0 saturated heterocycles. The zero-order valence-corrected chi connectivity index (χ0v) is 16.1. The fourth-order valence-electron chi connectivity index (χ4n) is 2.31. The quantitative estimate of drug-likeness (QED) is 0.568. The van der Waals surface area contributed by atoms with Crippen LogP contribution in [0.3, 0.4) is 0 Å². The molecule has 9 heteroatoms. The summed E-state index contributed by atoms with van der Waals surface area (Å²) in [5, 5.41) is 8.66. The lowest BCUT2D eigenvalue weighted by molar-refractivity contribution is -0.123. The van der Waals surface area contributed by atoms with Crippen molar-refractivity contribution in [3.05, 3.63) is 70.3 Å². The van der Waals surface area contributed by atoms with Gasteiger partial charge in [-0.05, 0) is 37.3 Å². The van der Waals surface area contributed by atoms with E-state index in [0.29, 0.717) is 5.69 Å². The number of H-pyrrole nitrogens is 1. The number of hydrogen-bond acceptors (Lipinski definition) is 4. The zero-order chi connectivity index (χ0) is 20.3. The van der Waals surface area contributed by atoms with E-state index in [9.17, 15) is 18.4 Å². The van der Waals surface area contributed by atoms with Crippen LogP contribution in [0.2, 0.25) is 0 Å². The highest BCUT2D eigenvalue weighted by molar-refractivity contribution is 9.10. The van der Waals surface area contributed by atoms with Gasteiger partial charge in [-0.15, -0.1) is 0 Å². The van der Waals surface area contributed by atoms with E-state index in [4.69, 9.17) is 4.74 Å². The summed E-state index contributed by atoms with van der Waals surface area (Å²) >= 11 is 3.33. The number of benzene rings is 2. The van der Waals surface area contributed by atoms with E-state index >= 15 is 0 Å². The number of para-hydroxylation sites is 1. The molecule has 1 atom stereocenters. The summed E-state index contributed by atoms with van der Waals surface area (Å²) in [5.74, 6) is -3.56. The number of aromatic amines is 1. The Kier molecular flexibility index (Phi) is 5.84. The van der Waals surface area contributed by atoms with Crippen molar-refractivity contribution in [2.45, 2.75) is 13.0 Å². The molecule has 2 aromatic carbocycles. The van der Waals surface area contributed by atoms with Crippen molar-refractivity contribution >= 4 is 33.5 Å². The number of aromatic nitrogens is 2. The Labute approximate surface area is 167 Å². The summed E-state index contributed by atoms with van der Waals surface area (Å²) in [4.78, 5) is 24.3. The first-order valence-corrected chi connectivity index (χ1v) is 8.91. The third-order valence-corrected chi connectivity index (χ3v) is 4.33. The minimum absolute atomic E-state index is 0.0367. The van der Waals surface area contributed by atoms with Crippen molar-refractivity contribution in [3.8, 4) is 11.3 Å². The van der Waals surface area contributed by atoms with E-state index in [2.05, 4.69) is 31.4 Å². The third kappa shape index (κ3) is 4.42. The molecule has 0 radical (unpaired) electrons. The lowest BCUT2D eigenvalue weighted by Gasteiger charge is -2.13. The van der Waals surface area contributed by atoms with Gasteiger partial charge >= 0.3 is 5.97 Å². The number of carbonyl (C=O) groups excluding carboxylic acids is 2. The van der Waals surface area contributed by atoms with E-state index in [-0.39, 0.29) is 5.69 Å². The number of anilines is 1. The van der Waals surface area contributed by atoms with E-state index in [0.717, 1.165) is 22.2 Å².